The molecule has 2 rings (SSSR count). The molecule has 0 amide bonds. The van der Waals surface area contributed by atoms with E-state index in [1.54, 1.807) is 14.2 Å². The molecule has 0 atom stereocenters. The smallest absolute Gasteiger partial charge is 0.123 e. The zero-order valence-electron chi connectivity index (χ0n) is 10.6. The molecule has 0 aromatic heterocycles. The molecule has 0 unspecified atom stereocenters. The summed E-state index contributed by atoms with van der Waals surface area (Å²) >= 11 is 0. The van der Waals surface area contributed by atoms with Crippen LogP contribution in [0.5, 0.6) is 11.5 Å². The summed E-state index contributed by atoms with van der Waals surface area (Å²) < 4.78 is 10.5. The average Bonchev–Trinajstić information content (AvgIpc) is 2.46. The number of methoxy groups -OCH3 is 2. The van der Waals surface area contributed by atoms with Crippen LogP contribution >= 0.6 is 0 Å². The van der Waals surface area contributed by atoms with Crippen molar-refractivity contribution in [1.82, 2.24) is 0 Å². The lowest BCUT2D eigenvalue weighted by molar-refractivity contribution is 0.394. The minimum atomic E-state index is 0.557. The maximum Gasteiger partial charge on any atom is 0.123 e. The Morgan fingerprint density at radius 2 is 1.39 bits per heavy atom. The van der Waals surface area contributed by atoms with Crippen LogP contribution in [0.15, 0.2) is 42.5 Å². The molecule has 3 nitrogen and oxygen atoms in total. The number of hydrogen-bond acceptors (Lipinski definition) is 3. The van der Waals surface area contributed by atoms with Gasteiger partial charge in [-0.2, -0.15) is 0 Å². The van der Waals surface area contributed by atoms with Gasteiger partial charge in [-0.25, -0.2) is 0 Å². The van der Waals surface area contributed by atoms with Crippen molar-refractivity contribution in [2.75, 3.05) is 14.2 Å². The van der Waals surface area contributed by atoms with Gasteiger partial charge in [0.1, 0.15) is 11.5 Å². The van der Waals surface area contributed by atoms with Crippen molar-refractivity contribution >= 4 is 0 Å². The Labute approximate surface area is 107 Å². The van der Waals surface area contributed by atoms with E-state index in [4.69, 9.17) is 15.2 Å². The first-order valence-corrected chi connectivity index (χ1v) is 5.79. The number of rotatable bonds is 4. The van der Waals surface area contributed by atoms with Gasteiger partial charge in [0.15, 0.2) is 0 Å². The van der Waals surface area contributed by atoms with Crippen molar-refractivity contribution in [3.63, 3.8) is 0 Å². The maximum atomic E-state index is 5.59. The van der Waals surface area contributed by atoms with Gasteiger partial charge in [0.25, 0.3) is 0 Å². The van der Waals surface area contributed by atoms with E-state index in [9.17, 15) is 0 Å². The summed E-state index contributed by atoms with van der Waals surface area (Å²) in [4.78, 5) is 0. The zero-order chi connectivity index (χ0) is 13.0. The van der Waals surface area contributed by atoms with Crippen molar-refractivity contribution in [3.8, 4) is 22.6 Å². The van der Waals surface area contributed by atoms with E-state index in [0.717, 1.165) is 28.2 Å². The SMILES string of the molecule is COc1cc(OC)cc(-c2ccc(CN)cc2)c1. The molecule has 0 aliphatic rings. The van der Waals surface area contributed by atoms with E-state index in [-0.39, 0.29) is 0 Å². The Morgan fingerprint density at radius 3 is 1.83 bits per heavy atom. The summed E-state index contributed by atoms with van der Waals surface area (Å²) in [5.74, 6) is 1.57. The molecule has 2 aromatic rings. The minimum absolute atomic E-state index is 0.557. The molecule has 0 bridgehead atoms. The fraction of sp³-hybridized carbons (Fsp3) is 0.200. The lowest BCUT2D eigenvalue weighted by atomic mass is 10.0. The fourth-order valence-corrected chi connectivity index (χ4v) is 1.81. The normalized spacial score (nSPS) is 10.2. The molecule has 3 heteroatoms. The summed E-state index contributed by atoms with van der Waals surface area (Å²) in [6.45, 7) is 0.557. The summed E-state index contributed by atoms with van der Waals surface area (Å²) in [5.41, 5.74) is 8.89. The van der Waals surface area contributed by atoms with E-state index in [2.05, 4.69) is 12.1 Å². The molecular formula is C15H17NO2. The average molecular weight is 243 g/mol. The molecular weight excluding hydrogens is 226 g/mol. The molecule has 2 aromatic carbocycles. The van der Waals surface area contributed by atoms with E-state index < -0.39 is 0 Å². The van der Waals surface area contributed by atoms with Gasteiger partial charge in [-0.15, -0.1) is 0 Å². The van der Waals surface area contributed by atoms with Crippen molar-refractivity contribution < 1.29 is 9.47 Å². The summed E-state index contributed by atoms with van der Waals surface area (Å²) in [6, 6.07) is 14.0. The molecule has 0 aliphatic carbocycles. The Hall–Kier alpha value is -2.00. The minimum Gasteiger partial charge on any atom is -0.497 e. The van der Waals surface area contributed by atoms with Crippen LogP contribution in [0, 0.1) is 0 Å². The molecule has 94 valence electrons. The Kier molecular flexibility index (Phi) is 3.85. The first kappa shape index (κ1) is 12.5. The molecule has 0 heterocycles. The van der Waals surface area contributed by atoms with Crippen LogP contribution < -0.4 is 15.2 Å². The fourth-order valence-electron chi connectivity index (χ4n) is 1.81. The molecule has 0 radical (unpaired) electrons. The van der Waals surface area contributed by atoms with Gasteiger partial charge >= 0.3 is 0 Å². The lowest BCUT2D eigenvalue weighted by Gasteiger charge is -2.09. The largest absolute Gasteiger partial charge is 0.497 e. The van der Waals surface area contributed by atoms with E-state index >= 15 is 0 Å². The van der Waals surface area contributed by atoms with E-state index in [1.807, 2.05) is 30.3 Å². The molecule has 0 aliphatic heterocycles. The van der Waals surface area contributed by atoms with Gasteiger partial charge in [-0.05, 0) is 28.8 Å². The van der Waals surface area contributed by atoms with Crippen LogP contribution in [0.3, 0.4) is 0 Å². The van der Waals surface area contributed by atoms with Crippen LogP contribution in [-0.4, -0.2) is 14.2 Å². The van der Waals surface area contributed by atoms with Gasteiger partial charge in [0, 0.05) is 12.6 Å². The predicted octanol–water partition coefficient (Wildman–Crippen LogP) is 2.83. The van der Waals surface area contributed by atoms with Crippen LogP contribution in [0.25, 0.3) is 11.1 Å². The highest BCUT2D eigenvalue weighted by Crippen LogP contribution is 2.29. The predicted molar refractivity (Wildman–Crippen MR) is 72.9 cm³/mol. The van der Waals surface area contributed by atoms with Crippen LogP contribution in [0.2, 0.25) is 0 Å². The van der Waals surface area contributed by atoms with Crippen LogP contribution in [0.4, 0.5) is 0 Å². The second-order valence-corrected chi connectivity index (χ2v) is 4.00. The number of nitrogens with two attached hydrogens (primary N) is 1. The topological polar surface area (TPSA) is 44.5 Å². The van der Waals surface area contributed by atoms with E-state index in [0.29, 0.717) is 6.54 Å². The molecule has 18 heavy (non-hydrogen) atoms. The number of hydrogen-bond donors (Lipinski definition) is 1. The molecule has 0 saturated carbocycles. The van der Waals surface area contributed by atoms with Crippen LogP contribution in [-0.2, 0) is 6.54 Å². The lowest BCUT2D eigenvalue weighted by Crippen LogP contribution is -1.95. The van der Waals surface area contributed by atoms with Gasteiger partial charge in [0.2, 0.25) is 0 Å². The summed E-state index contributed by atoms with van der Waals surface area (Å²) in [7, 11) is 3.30. The van der Waals surface area contributed by atoms with Gasteiger partial charge in [0.05, 0.1) is 14.2 Å². The van der Waals surface area contributed by atoms with Crippen molar-refractivity contribution in [2.24, 2.45) is 5.73 Å². The second kappa shape index (κ2) is 5.56. The van der Waals surface area contributed by atoms with Gasteiger partial charge in [-0.1, -0.05) is 24.3 Å². The standard InChI is InChI=1S/C15H17NO2/c1-17-14-7-13(8-15(9-14)18-2)12-5-3-11(10-16)4-6-12/h3-9H,10,16H2,1-2H3. The molecule has 0 spiro atoms. The molecule has 0 saturated heterocycles. The van der Waals surface area contributed by atoms with E-state index in [1.165, 1.54) is 0 Å². The highest BCUT2D eigenvalue weighted by Gasteiger charge is 2.04. The van der Waals surface area contributed by atoms with Gasteiger partial charge < -0.3 is 15.2 Å². The zero-order valence-corrected chi connectivity index (χ0v) is 10.6. The first-order chi connectivity index (χ1) is 8.76. The number of benzene rings is 2. The Morgan fingerprint density at radius 1 is 0.833 bits per heavy atom. The third-order valence-electron chi connectivity index (χ3n) is 2.87. The summed E-state index contributed by atoms with van der Waals surface area (Å²) in [6.07, 6.45) is 0. The quantitative estimate of drug-likeness (QED) is 0.898. The Bertz CT molecular complexity index is 498. The molecule has 2 N–H and O–H groups in total. The second-order valence-electron chi connectivity index (χ2n) is 4.00. The summed E-state index contributed by atoms with van der Waals surface area (Å²) in [5, 5.41) is 0. The monoisotopic (exact) mass is 243 g/mol. The first-order valence-electron chi connectivity index (χ1n) is 5.79. The van der Waals surface area contributed by atoms with Crippen molar-refractivity contribution in [1.29, 1.82) is 0 Å². The highest BCUT2D eigenvalue weighted by molar-refractivity contribution is 5.67. The highest BCUT2D eigenvalue weighted by atomic mass is 16.5. The van der Waals surface area contributed by atoms with Crippen molar-refractivity contribution in [3.05, 3.63) is 48.0 Å². The maximum absolute atomic E-state index is 5.59. The van der Waals surface area contributed by atoms with Gasteiger partial charge in [-0.3, -0.25) is 0 Å². The van der Waals surface area contributed by atoms with Crippen LogP contribution in [0.1, 0.15) is 5.56 Å². The van der Waals surface area contributed by atoms with Crippen molar-refractivity contribution in [2.45, 2.75) is 6.54 Å². The number of ether oxygens (including phenoxy) is 2. The Balaban J connectivity index is 2.41. The third-order valence-corrected chi connectivity index (χ3v) is 2.87. The molecule has 0 fully saturated rings. The third kappa shape index (κ3) is 2.63.